The van der Waals surface area contributed by atoms with E-state index >= 15 is 0 Å². The highest BCUT2D eigenvalue weighted by Crippen LogP contribution is 2.41. The molecule has 0 bridgehead atoms. The van der Waals surface area contributed by atoms with Crippen molar-refractivity contribution >= 4 is 11.9 Å². The average Bonchev–Trinajstić information content (AvgIpc) is 2.82. The molecule has 0 amide bonds. The molecule has 0 saturated heterocycles. The number of hydrogen-bond acceptors (Lipinski definition) is 6. The SMILES string of the molecule is CCOc1ccc(C(=O)COc2c3c(cc(C)c2CO)OC(C)(C)C=C3)c(Oc2ccccc2)c1. The van der Waals surface area contributed by atoms with E-state index in [1.807, 2.05) is 76.2 Å². The molecule has 1 heterocycles. The number of ketones is 1. The van der Waals surface area contributed by atoms with Gasteiger partial charge in [-0.05, 0) is 75.7 Å². The zero-order chi connectivity index (χ0) is 25.0. The molecule has 1 aliphatic heterocycles. The molecule has 0 aromatic heterocycles. The summed E-state index contributed by atoms with van der Waals surface area (Å²) in [7, 11) is 0. The van der Waals surface area contributed by atoms with E-state index in [-0.39, 0.29) is 19.0 Å². The molecule has 4 rings (SSSR count). The number of fused-ring (bicyclic) bond motifs is 1. The van der Waals surface area contributed by atoms with Gasteiger partial charge in [-0.25, -0.2) is 0 Å². The first-order valence-electron chi connectivity index (χ1n) is 11.6. The summed E-state index contributed by atoms with van der Waals surface area (Å²) in [4.78, 5) is 13.3. The van der Waals surface area contributed by atoms with Crippen molar-refractivity contribution < 1.29 is 28.8 Å². The number of ether oxygens (including phenoxy) is 4. The predicted molar refractivity (Wildman–Crippen MR) is 135 cm³/mol. The fourth-order valence-corrected chi connectivity index (χ4v) is 3.92. The van der Waals surface area contributed by atoms with Crippen LogP contribution in [-0.2, 0) is 6.61 Å². The van der Waals surface area contributed by atoms with E-state index < -0.39 is 5.60 Å². The molecule has 0 saturated carbocycles. The molecule has 3 aromatic carbocycles. The largest absolute Gasteiger partial charge is 0.494 e. The topological polar surface area (TPSA) is 74.2 Å². The summed E-state index contributed by atoms with van der Waals surface area (Å²) < 4.78 is 23.8. The second kappa shape index (κ2) is 10.2. The lowest BCUT2D eigenvalue weighted by molar-refractivity contribution is 0.0915. The van der Waals surface area contributed by atoms with E-state index in [2.05, 4.69) is 0 Å². The number of rotatable bonds is 9. The highest BCUT2D eigenvalue weighted by atomic mass is 16.5. The number of Topliss-reactive ketones (excluding diaryl/α,β-unsaturated/α-hetero) is 1. The molecule has 0 atom stereocenters. The number of aryl methyl sites for hydroxylation is 1. The number of aliphatic hydroxyl groups is 1. The van der Waals surface area contributed by atoms with E-state index in [4.69, 9.17) is 18.9 Å². The normalized spacial score (nSPS) is 13.5. The van der Waals surface area contributed by atoms with Gasteiger partial charge in [-0.2, -0.15) is 0 Å². The van der Waals surface area contributed by atoms with Crippen LogP contribution in [0.4, 0.5) is 0 Å². The first-order valence-corrected chi connectivity index (χ1v) is 11.6. The molecule has 0 unspecified atom stereocenters. The van der Waals surface area contributed by atoms with Crippen LogP contribution in [-0.4, -0.2) is 29.7 Å². The summed E-state index contributed by atoms with van der Waals surface area (Å²) in [5.41, 5.74) is 2.07. The lowest BCUT2D eigenvalue weighted by Gasteiger charge is -2.30. The van der Waals surface area contributed by atoms with Crippen LogP contribution in [0.3, 0.4) is 0 Å². The minimum Gasteiger partial charge on any atom is -0.494 e. The van der Waals surface area contributed by atoms with Gasteiger partial charge in [0.2, 0.25) is 5.78 Å². The van der Waals surface area contributed by atoms with Crippen molar-refractivity contribution in [3.8, 4) is 28.7 Å². The number of carbonyl (C=O) groups is 1. The molecule has 0 spiro atoms. The van der Waals surface area contributed by atoms with Crippen LogP contribution in [0.2, 0.25) is 0 Å². The molecule has 6 heteroatoms. The van der Waals surface area contributed by atoms with Gasteiger partial charge in [0.05, 0.1) is 24.3 Å². The number of carbonyl (C=O) groups excluding carboxylic acids is 1. The Kier molecular flexibility index (Phi) is 7.12. The van der Waals surface area contributed by atoms with Crippen molar-refractivity contribution in [2.24, 2.45) is 0 Å². The summed E-state index contributed by atoms with van der Waals surface area (Å²) in [6.07, 6.45) is 3.84. The Bertz CT molecular complexity index is 1240. The van der Waals surface area contributed by atoms with Gasteiger partial charge in [0.25, 0.3) is 0 Å². The molecular formula is C29H30O6. The van der Waals surface area contributed by atoms with Gasteiger partial charge in [-0.15, -0.1) is 0 Å². The average molecular weight is 475 g/mol. The Morgan fingerprint density at radius 2 is 1.80 bits per heavy atom. The predicted octanol–water partition coefficient (Wildman–Crippen LogP) is 6.12. The van der Waals surface area contributed by atoms with E-state index in [1.54, 1.807) is 18.2 Å². The van der Waals surface area contributed by atoms with Gasteiger partial charge >= 0.3 is 0 Å². The van der Waals surface area contributed by atoms with E-state index in [1.165, 1.54) is 0 Å². The maximum atomic E-state index is 13.3. The molecule has 182 valence electrons. The van der Waals surface area contributed by atoms with Gasteiger partial charge in [0.15, 0.2) is 6.61 Å². The summed E-state index contributed by atoms with van der Waals surface area (Å²) in [6, 6.07) is 16.3. The lowest BCUT2D eigenvalue weighted by Crippen LogP contribution is -2.28. The molecule has 1 aliphatic rings. The molecule has 0 aliphatic carbocycles. The minimum atomic E-state index is -0.459. The van der Waals surface area contributed by atoms with Gasteiger partial charge in [0.1, 0.15) is 34.3 Å². The number of hydrogen-bond donors (Lipinski definition) is 1. The second-order valence-electron chi connectivity index (χ2n) is 8.83. The number of para-hydroxylation sites is 1. The quantitative estimate of drug-likeness (QED) is 0.377. The van der Waals surface area contributed by atoms with Gasteiger partial charge in [-0.1, -0.05) is 18.2 Å². The Labute approximate surface area is 205 Å². The molecule has 35 heavy (non-hydrogen) atoms. The minimum absolute atomic E-state index is 0.217. The Hall–Kier alpha value is -3.77. The van der Waals surface area contributed by atoms with E-state index in [9.17, 15) is 9.90 Å². The zero-order valence-corrected chi connectivity index (χ0v) is 20.5. The third-order valence-electron chi connectivity index (χ3n) is 5.67. The third-order valence-corrected chi connectivity index (χ3v) is 5.67. The summed E-state index contributed by atoms with van der Waals surface area (Å²) in [6.45, 7) is 7.75. The standard InChI is InChI=1S/C29H30O6/c1-5-32-21-11-12-22(26(16-21)34-20-9-7-6-8-10-20)25(31)18-33-28-23-13-14-29(3,4)35-27(23)15-19(2)24(28)17-30/h6-16,30H,5,17-18H2,1-4H3. The summed E-state index contributed by atoms with van der Waals surface area (Å²) in [5, 5.41) is 10.0. The van der Waals surface area contributed by atoms with Gasteiger partial charge in [0, 0.05) is 11.6 Å². The van der Waals surface area contributed by atoms with Crippen molar-refractivity contribution in [3.05, 3.63) is 82.9 Å². The van der Waals surface area contributed by atoms with Crippen LogP contribution in [0.25, 0.3) is 6.08 Å². The van der Waals surface area contributed by atoms with Crippen molar-refractivity contribution in [2.75, 3.05) is 13.2 Å². The molecule has 1 N–H and O–H groups in total. The molecular weight excluding hydrogens is 444 g/mol. The fourth-order valence-electron chi connectivity index (χ4n) is 3.92. The summed E-state index contributed by atoms with van der Waals surface area (Å²) >= 11 is 0. The van der Waals surface area contributed by atoms with E-state index in [0.717, 1.165) is 5.56 Å². The lowest BCUT2D eigenvalue weighted by atomic mass is 9.97. The molecule has 3 aromatic rings. The first-order chi connectivity index (χ1) is 16.8. The highest BCUT2D eigenvalue weighted by Gasteiger charge is 2.27. The molecule has 0 radical (unpaired) electrons. The van der Waals surface area contributed by atoms with Crippen molar-refractivity contribution in [1.82, 2.24) is 0 Å². The Morgan fingerprint density at radius 1 is 1.03 bits per heavy atom. The monoisotopic (exact) mass is 474 g/mol. The fraction of sp³-hybridized carbons (Fsp3) is 0.276. The van der Waals surface area contributed by atoms with Crippen LogP contribution in [0.5, 0.6) is 28.7 Å². The van der Waals surface area contributed by atoms with Gasteiger partial charge in [-0.3, -0.25) is 4.79 Å². The van der Waals surface area contributed by atoms with Crippen LogP contribution in [0.15, 0.2) is 60.7 Å². The summed E-state index contributed by atoms with van der Waals surface area (Å²) in [5.74, 6) is 2.43. The molecule has 0 fully saturated rings. The number of aliphatic hydroxyl groups excluding tert-OH is 1. The van der Waals surface area contributed by atoms with E-state index in [0.29, 0.717) is 52.0 Å². The Balaban J connectivity index is 1.63. The number of benzene rings is 3. The zero-order valence-electron chi connectivity index (χ0n) is 20.5. The van der Waals surface area contributed by atoms with Crippen LogP contribution in [0.1, 0.15) is 47.8 Å². The second-order valence-corrected chi connectivity index (χ2v) is 8.83. The van der Waals surface area contributed by atoms with Crippen molar-refractivity contribution in [3.63, 3.8) is 0 Å². The first kappa shape index (κ1) is 24.4. The van der Waals surface area contributed by atoms with Crippen molar-refractivity contribution in [2.45, 2.75) is 39.9 Å². The highest BCUT2D eigenvalue weighted by molar-refractivity contribution is 6.00. The smallest absolute Gasteiger partial charge is 0.203 e. The Morgan fingerprint density at radius 3 is 2.51 bits per heavy atom. The van der Waals surface area contributed by atoms with Crippen molar-refractivity contribution in [1.29, 1.82) is 0 Å². The van der Waals surface area contributed by atoms with Crippen LogP contribution in [0, 0.1) is 6.92 Å². The van der Waals surface area contributed by atoms with Gasteiger partial charge < -0.3 is 24.1 Å². The van der Waals surface area contributed by atoms with Crippen LogP contribution >= 0.6 is 0 Å². The maximum Gasteiger partial charge on any atom is 0.203 e. The van der Waals surface area contributed by atoms with Crippen LogP contribution < -0.4 is 18.9 Å². The third kappa shape index (κ3) is 5.49. The maximum absolute atomic E-state index is 13.3. The molecule has 6 nitrogen and oxygen atoms in total.